The van der Waals surface area contributed by atoms with Gasteiger partial charge < -0.3 is 0 Å². The van der Waals surface area contributed by atoms with E-state index in [1.54, 1.807) is 0 Å². The van der Waals surface area contributed by atoms with Gasteiger partial charge >= 0.3 is 0 Å². The molecule has 0 saturated carbocycles. The van der Waals surface area contributed by atoms with Crippen molar-refractivity contribution in [2.24, 2.45) is 0 Å². The van der Waals surface area contributed by atoms with E-state index in [9.17, 15) is 0 Å². The molecule has 0 saturated heterocycles. The average Bonchev–Trinajstić information content (AvgIpc) is 2.24. The first-order chi connectivity index (χ1) is 6.46. The van der Waals surface area contributed by atoms with Gasteiger partial charge in [0.1, 0.15) is 0 Å². The molecule has 14 heavy (non-hydrogen) atoms. The standard InChI is InChI=1S/C9H9Cl3.C2H6/c1-4-5(2)7(10)9(12)8(11)6(4)3;1-2/h1-3H3;1-2H3. The number of rotatable bonds is 0. The van der Waals surface area contributed by atoms with Crippen LogP contribution in [0.2, 0.25) is 15.1 Å². The predicted molar refractivity (Wildman–Crippen MR) is 67.0 cm³/mol. The zero-order valence-electron chi connectivity index (χ0n) is 9.13. The molecule has 0 radical (unpaired) electrons. The van der Waals surface area contributed by atoms with Crippen LogP contribution in [0.4, 0.5) is 0 Å². The van der Waals surface area contributed by atoms with Gasteiger partial charge in [-0.15, -0.1) is 0 Å². The second-order valence-electron chi connectivity index (χ2n) is 2.82. The van der Waals surface area contributed by atoms with Crippen LogP contribution in [0.5, 0.6) is 0 Å². The molecule has 0 N–H and O–H groups in total. The van der Waals surface area contributed by atoms with Crippen molar-refractivity contribution in [2.45, 2.75) is 34.6 Å². The van der Waals surface area contributed by atoms with Crippen molar-refractivity contribution in [3.05, 3.63) is 31.8 Å². The van der Waals surface area contributed by atoms with Crippen LogP contribution in [0.3, 0.4) is 0 Å². The maximum absolute atomic E-state index is 5.94. The molecule has 0 aliphatic heterocycles. The van der Waals surface area contributed by atoms with Crippen LogP contribution < -0.4 is 0 Å². The molecule has 0 aliphatic carbocycles. The van der Waals surface area contributed by atoms with Crippen molar-refractivity contribution in [2.75, 3.05) is 0 Å². The van der Waals surface area contributed by atoms with Crippen molar-refractivity contribution in [1.82, 2.24) is 0 Å². The maximum Gasteiger partial charge on any atom is 0.0784 e. The highest BCUT2D eigenvalue weighted by atomic mass is 35.5. The fourth-order valence-electron chi connectivity index (χ4n) is 1.04. The number of benzene rings is 1. The van der Waals surface area contributed by atoms with Gasteiger partial charge in [0, 0.05) is 0 Å². The Morgan fingerprint density at radius 2 is 0.857 bits per heavy atom. The summed E-state index contributed by atoms with van der Waals surface area (Å²) in [6.45, 7) is 9.86. The summed E-state index contributed by atoms with van der Waals surface area (Å²) in [5, 5.41) is 1.58. The molecular formula is C11H15Cl3. The van der Waals surface area contributed by atoms with E-state index in [2.05, 4.69) is 0 Å². The van der Waals surface area contributed by atoms with Crippen molar-refractivity contribution >= 4 is 34.8 Å². The van der Waals surface area contributed by atoms with Gasteiger partial charge in [0.25, 0.3) is 0 Å². The fourth-order valence-corrected chi connectivity index (χ4v) is 1.84. The minimum Gasteiger partial charge on any atom is -0.0824 e. The summed E-state index contributed by atoms with van der Waals surface area (Å²) < 4.78 is 0. The molecule has 0 bridgehead atoms. The molecule has 0 amide bonds. The molecule has 1 aromatic rings. The molecule has 0 nitrogen and oxygen atoms in total. The molecule has 0 aliphatic rings. The molecule has 0 heterocycles. The lowest BCUT2D eigenvalue weighted by Gasteiger charge is -2.10. The second-order valence-corrected chi connectivity index (χ2v) is 3.95. The van der Waals surface area contributed by atoms with Gasteiger partial charge in [0.05, 0.1) is 15.1 Å². The van der Waals surface area contributed by atoms with Crippen molar-refractivity contribution in [1.29, 1.82) is 0 Å². The van der Waals surface area contributed by atoms with Gasteiger partial charge in [-0.05, 0) is 37.5 Å². The van der Waals surface area contributed by atoms with Gasteiger partial charge in [0.15, 0.2) is 0 Å². The van der Waals surface area contributed by atoms with Crippen LogP contribution in [0.15, 0.2) is 0 Å². The molecule has 0 unspecified atom stereocenters. The minimum absolute atomic E-state index is 0.457. The molecule has 80 valence electrons. The lowest BCUT2D eigenvalue weighted by atomic mass is 10.0. The molecular weight excluding hydrogens is 238 g/mol. The van der Waals surface area contributed by atoms with Crippen LogP contribution in [0.1, 0.15) is 30.5 Å². The maximum atomic E-state index is 5.94. The Morgan fingerprint density at radius 1 is 0.571 bits per heavy atom. The Labute approximate surface area is 101 Å². The molecule has 0 fully saturated rings. The summed E-state index contributed by atoms with van der Waals surface area (Å²) in [4.78, 5) is 0. The molecule has 0 spiro atoms. The highest BCUT2D eigenvalue weighted by molar-refractivity contribution is 6.48. The lowest BCUT2D eigenvalue weighted by molar-refractivity contribution is 1.27. The Morgan fingerprint density at radius 3 is 1.14 bits per heavy atom. The summed E-state index contributed by atoms with van der Waals surface area (Å²) >= 11 is 17.8. The third-order valence-corrected chi connectivity index (χ3v) is 3.69. The van der Waals surface area contributed by atoms with Gasteiger partial charge in [-0.3, -0.25) is 0 Å². The zero-order chi connectivity index (χ0) is 11.5. The molecule has 0 atom stereocenters. The van der Waals surface area contributed by atoms with Gasteiger partial charge in [-0.1, -0.05) is 48.7 Å². The number of halogens is 3. The normalized spacial score (nSPS) is 9.43. The Kier molecular flexibility index (Phi) is 5.88. The largest absolute Gasteiger partial charge is 0.0824 e. The Balaban J connectivity index is 0.000000791. The molecule has 1 aromatic carbocycles. The third kappa shape index (κ3) is 2.56. The predicted octanol–water partition coefficient (Wildman–Crippen LogP) is 5.60. The first-order valence-corrected chi connectivity index (χ1v) is 5.70. The highest BCUT2D eigenvalue weighted by Gasteiger charge is 2.12. The van der Waals surface area contributed by atoms with E-state index in [1.807, 2.05) is 34.6 Å². The number of hydrogen-bond acceptors (Lipinski definition) is 0. The Bertz CT molecular complexity index is 225. The fraction of sp³-hybridized carbons (Fsp3) is 0.455. The second kappa shape index (κ2) is 5.85. The third-order valence-electron chi connectivity index (χ3n) is 2.17. The minimum atomic E-state index is 0.457. The number of hydrogen-bond donors (Lipinski definition) is 0. The SMILES string of the molecule is CC.Cc1c(C)c(Cl)c(Cl)c(Cl)c1C. The Hall–Kier alpha value is 0.0900. The van der Waals surface area contributed by atoms with E-state index in [1.165, 1.54) is 0 Å². The van der Waals surface area contributed by atoms with E-state index in [4.69, 9.17) is 34.8 Å². The van der Waals surface area contributed by atoms with Crippen LogP contribution in [-0.4, -0.2) is 0 Å². The van der Waals surface area contributed by atoms with E-state index < -0.39 is 0 Å². The van der Waals surface area contributed by atoms with Gasteiger partial charge in [0.2, 0.25) is 0 Å². The first kappa shape index (κ1) is 14.1. The zero-order valence-corrected chi connectivity index (χ0v) is 11.4. The van der Waals surface area contributed by atoms with E-state index in [-0.39, 0.29) is 0 Å². The van der Waals surface area contributed by atoms with Crippen molar-refractivity contribution in [3.63, 3.8) is 0 Å². The van der Waals surface area contributed by atoms with Gasteiger partial charge in [-0.2, -0.15) is 0 Å². The van der Waals surface area contributed by atoms with Crippen LogP contribution in [-0.2, 0) is 0 Å². The summed E-state index contributed by atoms with van der Waals surface area (Å²) in [7, 11) is 0. The first-order valence-electron chi connectivity index (χ1n) is 4.57. The quantitative estimate of drug-likeness (QED) is 0.528. The summed E-state index contributed by atoms with van der Waals surface area (Å²) in [6, 6.07) is 0. The summed E-state index contributed by atoms with van der Waals surface area (Å²) in [6.07, 6.45) is 0. The lowest BCUT2D eigenvalue weighted by Crippen LogP contribution is -1.90. The monoisotopic (exact) mass is 252 g/mol. The van der Waals surface area contributed by atoms with Crippen molar-refractivity contribution < 1.29 is 0 Å². The highest BCUT2D eigenvalue weighted by Crippen LogP contribution is 2.37. The van der Waals surface area contributed by atoms with Crippen LogP contribution in [0, 0.1) is 20.8 Å². The molecule has 1 rings (SSSR count). The molecule has 0 aromatic heterocycles. The van der Waals surface area contributed by atoms with Crippen molar-refractivity contribution in [3.8, 4) is 0 Å². The smallest absolute Gasteiger partial charge is 0.0784 e. The van der Waals surface area contributed by atoms with Gasteiger partial charge in [-0.25, -0.2) is 0 Å². The van der Waals surface area contributed by atoms with Crippen LogP contribution >= 0.6 is 34.8 Å². The summed E-state index contributed by atoms with van der Waals surface area (Å²) in [5.41, 5.74) is 3.11. The van der Waals surface area contributed by atoms with Crippen LogP contribution in [0.25, 0.3) is 0 Å². The summed E-state index contributed by atoms with van der Waals surface area (Å²) in [5.74, 6) is 0. The molecule has 3 heteroatoms. The topological polar surface area (TPSA) is 0 Å². The van der Waals surface area contributed by atoms with E-state index >= 15 is 0 Å². The van der Waals surface area contributed by atoms with E-state index in [0.29, 0.717) is 15.1 Å². The van der Waals surface area contributed by atoms with E-state index in [0.717, 1.165) is 16.7 Å². The average molecular weight is 254 g/mol.